The number of aromatic nitrogens is 2. The predicted octanol–water partition coefficient (Wildman–Crippen LogP) is 4.98. The molecular weight excluding hydrogens is 313 g/mol. The van der Waals surface area contributed by atoms with Gasteiger partial charge in [0.1, 0.15) is 11.6 Å². The summed E-state index contributed by atoms with van der Waals surface area (Å²) in [7, 11) is 0. The zero-order chi connectivity index (χ0) is 17.4. The zero-order valence-corrected chi connectivity index (χ0v) is 14.7. The molecule has 4 rings (SSSR count). The van der Waals surface area contributed by atoms with E-state index in [1.165, 1.54) is 6.07 Å². The third-order valence-corrected chi connectivity index (χ3v) is 5.03. The lowest BCUT2D eigenvalue weighted by molar-refractivity contribution is 0.437. The SMILES string of the molecule is Cc1ccc2c(N3CCC(C)CC3)nc(-c3ccccc3F)nc2c1. The van der Waals surface area contributed by atoms with Crippen LogP contribution in [0.3, 0.4) is 0 Å². The molecule has 0 aliphatic carbocycles. The maximum absolute atomic E-state index is 14.3. The van der Waals surface area contributed by atoms with Crippen LogP contribution in [0.25, 0.3) is 22.3 Å². The molecule has 128 valence electrons. The van der Waals surface area contributed by atoms with Crippen molar-refractivity contribution in [2.24, 2.45) is 5.92 Å². The van der Waals surface area contributed by atoms with Crippen LogP contribution in [0.5, 0.6) is 0 Å². The van der Waals surface area contributed by atoms with Crippen LogP contribution in [0.2, 0.25) is 0 Å². The maximum Gasteiger partial charge on any atom is 0.165 e. The van der Waals surface area contributed by atoms with E-state index in [2.05, 4.69) is 35.0 Å². The Kier molecular flexibility index (Phi) is 4.12. The van der Waals surface area contributed by atoms with Gasteiger partial charge >= 0.3 is 0 Å². The van der Waals surface area contributed by atoms with Gasteiger partial charge < -0.3 is 4.90 Å². The summed E-state index contributed by atoms with van der Waals surface area (Å²) in [4.78, 5) is 11.8. The van der Waals surface area contributed by atoms with Gasteiger partial charge in [-0.3, -0.25) is 0 Å². The first-order chi connectivity index (χ1) is 12.1. The number of nitrogens with zero attached hydrogens (tertiary/aromatic N) is 3. The van der Waals surface area contributed by atoms with Crippen LogP contribution in [0.15, 0.2) is 42.5 Å². The van der Waals surface area contributed by atoms with Gasteiger partial charge in [0.05, 0.1) is 11.1 Å². The van der Waals surface area contributed by atoms with Gasteiger partial charge in [0.25, 0.3) is 0 Å². The summed E-state index contributed by atoms with van der Waals surface area (Å²) >= 11 is 0. The molecule has 1 aliphatic rings. The Labute approximate surface area is 147 Å². The largest absolute Gasteiger partial charge is 0.356 e. The van der Waals surface area contributed by atoms with Gasteiger partial charge in [-0.15, -0.1) is 0 Å². The Hall–Kier alpha value is -2.49. The van der Waals surface area contributed by atoms with Crippen molar-refractivity contribution >= 4 is 16.7 Å². The number of hydrogen-bond donors (Lipinski definition) is 0. The van der Waals surface area contributed by atoms with E-state index in [0.29, 0.717) is 11.4 Å². The minimum atomic E-state index is -0.285. The van der Waals surface area contributed by atoms with E-state index in [4.69, 9.17) is 4.98 Å². The summed E-state index contributed by atoms with van der Waals surface area (Å²) in [6, 6.07) is 12.9. The highest BCUT2D eigenvalue weighted by Gasteiger charge is 2.21. The van der Waals surface area contributed by atoms with Crippen LogP contribution in [0.1, 0.15) is 25.3 Å². The zero-order valence-electron chi connectivity index (χ0n) is 14.7. The summed E-state index contributed by atoms with van der Waals surface area (Å²) in [6.45, 7) is 6.31. The van der Waals surface area contributed by atoms with E-state index in [9.17, 15) is 4.39 Å². The number of halogens is 1. The number of benzene rings is 2. The Morgan fingerprint density at radius 2 is 1.80 bits per heavy atom. The van der Waals surface area contributed by atoms with Crippen molar-refractivity contribution < 1.29 is 4.39 Å². The summed E-state index contributed by atoms with van der Waals surface area (Å²) in [5, 5.41) is 1.04. The fourth-order valence-corrected chi connectivity index (χ4v) is 3.45. The fraction of sp³-hybridized carbons (Fsp3) is 0.333. The molecule has 3 nitrogen and oxygen atoms in total. The predicted molar refractivity (Wildman–Crippen MR) is 100 cm³/mol. The average Bonchev–Trinajstić information content (AvgIpc) is 2.61. The number of anilines is 1. The molecule has 1 aromatic heterocycles. The fourth-order valence-electron chi connectivity index (χ4n) is 3.45. The van der Waals surface area contributed by atoms with Gasteiger partial charge in [0.2, 0.25) is 0 Å². The van der Waals surface area contributed by atoms with Crippen LogP contribution in [-0.2, 0) is 0 Å². The van der Waals surface area contributed by atoms with E-state index in [-0.39, 0.29) is 5.82 Å². The second kappa shape index (κ2) is 6.43. The van der Waals surface area contributed by atoms with Crippen molar-refractivity contribution in [3.63, 3.8) is 0 Å². The van der Waals surface area contributed by atoms with Gasteiger partial charge in [-0.2, -0.15) is 0 Å². The molecule has 1 aliphatic heterocycles. The van der Waals surface area contributed by atoms with E-state index in [0.717, 1.165) is 54.1 Å². The van der Waals surface area contributed by atoms with E-state index in [1.54, 1.807) is 12.1 Å². The number of hydrogen-bond acceptors (Lipinski definition) is 3. The topological polar surface area (TPSA) is 29.0 Å². The third-order valence-electron chi connectivity index (χ3n) is 5.03. The van der Waals surface area contributed by atoms with Crippen molar-refractivity contribution in [1.29, 1.82) is 0 Å². The molecule has 0 saturated carbocycles. The van der Waals surface area contributed by atoms with Gasteiger partial charge in [-0.25, -0.2) is 14.4 Å². The lowest BCUT2D eigenvalue weighted by atomic mass is 9.99. The van der Waals surface area contributed by atoms with E-state index in [1.807, 2.05) is 13.0 Å². The maximum atomic E-state index is 14.3. The molecular formula is C21H22FN3. The summed E-state index contributed by atoms with van der Waals surface area (Å²) < 4.78 is 14.3. The smallest absolute Gasteiger partial charge is 0.165 e. The van der Waals surface area contributed by atoms with Gasteiger partial charge in [-0.05, 0) is 55.5 Å². The normalized spacial score (nSPS) is 15.7. The highest BCUT2D eigenvalue weighted by atomic mass is 19.1. The number of fused-ring (bicyclic) bond motifs is 1. The quantitative estimate of drug-likeness (QED) is 0.661. The first-order valence-electron chi connectivity index (χ1n) is 8.90. The molecule has 3 aromatic rings. The molecule has 2 aromatic carbocycles. The molecule has 0 radical (unpaired) electrons. The lowest BCUT2D eigenvalue weighted by Gasteiger charge is -2.32. The summed E-state index contributed by atoms with van der Waals surface area (Å²) in [5.41, 5.74) is 2.48. The molecule has 4 heteroatoms. The molecule has 25 heavy (non-hydrogen) atoms. The first kappa shape index (κ1) is 16.0. The Bertz CT molecular complexity index is 914. The highest BCUT2D eigenvalue weighted by molar-refractivity contribution is 5.91. The van der Waals surface area contributed by atoms with Crippen LogP contribution >= 0.6 is 0 Å². The molecule has 0 spiro atoms. The van der Waals surface area contributed by atoms with E-state index >= 15 is 0 Å². The van der Waals surface area contributed by atoms with Crippen molar-refractivity contribution in [1.82, 2.24) is 9.97 Å². The molecule has 1 saturated heterocycles. The highest BCUT2D eigenvalue weighted by Crippen LogP contribution is 2.31. The van der Waals surface area contributed by atoms with Gasteiger partial charge in [0, 0.05) is 18.5 Å². The van der Waals surface area contributed by atoms with E-state index < -0.39 is 0 Å². The second-order valence-corrected chi connectivity index (χ2v) is 7.04. The minimum Gasteiger partial charge on any atom is -0.356 e. The van der Waals surface area contributed by atoms with Crippen molar-refractivity contribution in [2.45, 2.75) is 26.7 Å². The van der Waals surface area contributed by atoms with Crippen LogP contribution < -0.4 is 4.90 Å². The minimum absolute atomic E-state index is 0.285. The van der Waals surface area contributed by atoms with Crippen LogP contribution in [0.4, 0.5) is 10.2 Å². The lowest BCUT2D eigenvalue weighted by Crippen LogP contribution is -2.33. The first-order valence-corrected chi connectivity index (χ1v) is 8.90. The molecule has 0 atom stereocenters. The molecule has 0 amide bonds. The molecule has 2 heterocycles. The standard InChI is InChI=1S/C21H22FN3/c1-14-9-11-25(12-10-14)21-17-8-7-15(2)13-19(17)23-20(24-21)16-5-3-4-6-18(16)22/h3-8,13-14H,9-12H2,1-2H3. The van der Waals surface area contributed by atoms with Gasteiger partial charge in [-0.1, -0.05) is 25.1 Å². The summed E-state index contributed by atoms with van der Waals surface area (Å²) in [5.74, 6) is 1.85. The monoisotopic (exact) mass is 335 g/mol. The molecule has 0 N–H and O–H groups in total. The van der Waals surface area contributed by atoms with Crippen LogP contribution in [0, 0.1) is 18.7 Å². The Balaban J connectivity index is 1.89. The van der Waals surface area contributed by atoms with Crippen molar-refractivity contribution in [2.75, 3.05) is 18.0 Å². The molecule has 0 bridgehead atoms. The van der Waals surface area contributed by atoms with Crippen LogP contribution in [-0.4, -0.2) is 23.1 Å². The number of rotatable bonds is 2. The third kappa shape index (κ3) is 3.09. The Morgan fingerprint density at radius 1 is 1.04 bits per heavy atom. The summed E-state index contributed by atoms with van der Waals surface area (Å²) in [6.07, 6.45) is 2.32. The molecule has 1 fully saturated rings. The second-order valence-electron chi connectivity index (χ2n) is 7.04. The molecule has 0 unspecified atom stereocenters. The van der Waals surface area contributed by atoms with Gasteiger partial charge in [0.15, 0.2) is 5.82 Å². The average molecular weight is 335 g/mol. The Morgan fingerprint density at radius 3 is 2.56 bits per heavy atom. The van der Waals surface area contributed by atoms with Crippen molar-refractivity contribution in [3.05, 3.63) is 53.8 Å². The van der Waals surface area contributed by atoms with Crippen molar-refractivity contribution in [3.8, 4) is 11.4 Å². The number of aryl methyl sites for hydroxylation is 1. The number of piperidine rings is 1.